The van der Waals surface area contributed by atoms with Crippen molar-refractivity contribution in [2.75, 3.05) is 33.0 Å². The van der Waals surface area contributed by atoms with Gasteiger partial charge in [0.1, 0.15) is 0 Å². The van der Waals surface area contributed by atoms with Crippen LogP contribution < -0.4 is 9.47 Å². The molecule has 2 unspecified atom stereocenters. The highest BCUT2D eigenvalue weighted by Gasteiger charge is 2.35. The Morgan fingerprint density at radius 2 is 1.85 bits per heavy atom. The first-order valence-electron chi connectivity index (χ1n) is 13.5. The van der Waals surface area contributed by atoms with E-state index in [2.05, 4.69) is 62.6 Å². The molecule has 1 saturated heterocycles. The minimum atomic E-state index is 0.302. The molecule has 5 nitrogen and oxygen atoms in total. The molecule has 0 aromatic heterocycles. The molecule has 3 atom stereocenters. The highest BCUT2D eigenvalue weighted by atomic mass is 16.7. The highest BCUT2D eigenvalue weighted by Crippen LogP contribution is 2.40. The van der Waals surface area contributed by atoms with Crippen molar-refractivity contribution in [2.45, 2.75) is 91.5 Å². The maximum Gasteiger partial charge on any atom is 0.236 e. The Bertz CT molecular complexity index is 818. The molecule has 0 aliphatic carbocycles. The average molecular weight is 471 g/mol. The molecule has 1 fully saturated rings. The van der Waals surface area contributed by atoms with Crippen LogP contribution in [0.1, 0.15) is 91.0 Å². The zero-order chi connectivity index (χ0) is 24.5. The minimum Gasteiger partial charge on any atom is -0.454 e. The van der Waals surface area contributed by atoms with Gasteiger partial charge in [0.15, 0.2) is 11.5 Å². The highest BCUT2D eigenvalue weighted by molar-refractivity contribution is 5.78. The Kier molecular flexibility index (Phi) is 10.3. The van der Waals surface area contributed by atoms with Gasteiger partial charge < -0.3 is 14.4 Å². The fourth-order valence-corrected chi connectivity index (χ4v) is 5.43. The van der Waals surface area contributed by atoms with Crippen LogP contribution in [0, 0.1) is 5.92 Å². The molecule has 0 spiro atoms. The zero-order valence-corrected chi connectivity index (χ0v) is 22.1. The molecule has 1 aromatic carbocycles. The molecular weight excluding hydrogens is 424 g/mol. The smallest absolute Gasteiger partial charge is 0.236 e. The van der Waals surface area contributed by atoms with Gasteiger partial charge in [-0.25, -0.2) is 0 Å². The van der Waals surface area contributed by atoms with Gasteiger partial charge in [-0.3, -0.25) is 9.69 Å². The van der Waals surface area contributed by atoms with E-state index < -0.39 is 0 Å². The molecule has 0 bridgehead atoms. The Labute approximate surface area is 207 Å². The molecule has 5 heteroatoms. The Morgan fingerprint density at radius 1 is 1.12 bits per heavy atom. The van der Waals surface area contributed by atoms with E-state index in [1.165, 1.54) is 24.0 Å². The number of allylic oxidation sites excluding steroid dienone is 2. The van der Waals surface area contributed by atoms with E-state index in [0.717, 1.165) is 63.2 Å². The summed E-state index contributed by atoms with van der Waals surface area (Å²) in [4.78, 5) is 18.0. The van der Waals surface area contributed by atoms with Crippen molar-refractivity contribution in [1.29, 1.82) is 0 Å². The van der Waals surface area contributed by atoms with Crippen molar-refractivity contribution in [1.82, 2.24) is 9.80 Å². The standard InChI is InChI=1S/C29H46N2O3/c1-6-8-10-14-30(13-9-7-2)29(32)20-31-19-25(17-26(31)16-23(5)15-22(3)4)24-11-12-27-28(18-24)34-21-33-27/h11-12,15,18,23,25-26H,6-10,13-14,16-17,19-21H2,1-5H3/t23?,25-,26?/m1/s1. The van der Waals surface area contributed by atoms with Gasteiger partial charge in [0.2, 0.25) is 12.7 Å². The van der Waals surface area contributed by atoms with Crippen LogP contribution in [-0.2, 0) is 4.79 Å². The summed E-state index contributed by atoms with van der Waals surface area (Å²) >= 11 is 0. The van der Waals surface area contributed by atoms with E-state index in [-0.39, 0.29) is 0 Å². The van der Waals surface area contributed by atoms with Gasteiger partial charge in [-0.15, -0.1) is 0 Å². The number of amides is 1. The second-order valence-corrected chi connectivity index (χ2v) is 10.5. The van der Waals surface area contributed by atoms with Crippen molar-refractivity contribution in [3.63, 3.8) is 0 Å². The SMILES string of the molecule is CCCCCN(CCCC)C(=O)CN1C[C@H](c2ccc3c(c2)OCO3)CC1CC(C)C=C(C)C. The molecule has 3 rings (SSSR count). The van der Waals surface area contributed by atoms with Crippen LogP contribution in [0.25, 0.3) is 0 Å². The van der Waals surface area contributed by atoms with Crippen LogP contribution in [-0.4, -0.2) is 54.7 Å². The number of benzene rings is 1. The van der Waals surface area contributed by atoms with Gasteiger partial charge in [-0.05, 0) is 69.1 Å². The number of hydrogen-bond acceptors (Lipinski definition) is 4. The van der Waals surface area contributed by atoms with Crippen molar-refractivity contribution >= 4 is 5.91 Å². The number of carbonyl (C=O) groups is 1. The normalized spacial score (nSPS) is 20.4. The summed E-state index contributed by atoms with van der Waals surface area (Å²) in [5, 5.41) is 0. The first-order valence-corrected chi connectivity index (χ1v) is 13.5. The third-order valence-electron chi connectivity index (χ3n) is 7.16. The lowest BCUT2D eigenvalue weighted by molar-refractivity contribution is -0.132. The Morgan fingerprint density at radius 3 is 2.59 bits per heavy atom. The van der Waals surface area contributed by atoms with Crippen molar-refractivity contribution in [2.24, 2.45) is 5.92 Å². The molecule has 2 aliphatic heterocycles. The summed E-state index contributed by atoms with van der Waals surface area (Å²) in [6.45, 7) is 14.6. The maximum absolute atomic E-state index is 13.4. The van der Waals surface area contributed by atoms with Crippen molar-refractivity contribution < 1.29 is 14.3 Å². The predicted molar refractivity (Wildman–Crippen MR) is 140 cm³/mol. The number of carbonyl (C=O) groups excluding carboxylic acids is 1. The summed E-state index contributed by atoms with van der Waals surface area (Å²) in [5.74, 6) is 2.90. The monoisotopic (exact) mass is 470 g/mol. The van der Waals surface area contributed by atoms with E-state index in [0.29, 0.717) is 37.1 Å². The average Bonchev–Trinajstić information content (AvgIpc) is 3.42. The van der Waals surface area contributed by atoms with Gasteiger partial charge in [0, 0.05) is 25.7 Å². The number of likely N-dealkylation sites (tertiary alicyclic amines) is 1. The van der Waals surface area contributed by atoms with Crippen LogP contribution in [0.4, 0.5) is 0 Å². The molecule has 0 N–H and O–H groups in total. The largest absolute Gasteiger partial charge is 0.454 e. The second-order valence-electron chi connectivity index (χ2n) is 10.5. The van der Waals surface area contributed by atoms with Crippen LogP contribution in [0.15, 0.2) is 29.8 Å². The van der Waals surface area contributed by atoms with Gasteiger partial charge in [-0.1, -0.05) is 57.7 Å². The van der Waals surface area contributed by atoms with Crippen LogP contribution in [0.2, 0.25) is 0 Å². The fourth-order valence-electron chi connectivity index (χ4n) is 5.43. The lowest BCUT2D eigenvalue weighted by Crippen LogP contribution is -2.43. The Balaban J connectivity index is 1.72. The predicted octanol–water partition coefficient (Wildman–Crippen LogP) is 6.38. The van der Waals surface area contributed by atoms with E-state index in [1.54, 1.807) is 0 Å². The summed E-state index contributed by atoms with van der Waals surface area (Å²) in [5.41, 5.74) is 2.66. The van der Waals surface area contributed by atoms with Crippen LogP contribution in [0.5, 0.6) is 11.5 Å². The number of rotatable bonds is 13. The summed E-state index contributed by atoms with van der Waals surface area (Å²) < 4.78 is 11.1. The van der Waals surface area contributed by atoms with Crippen molar-refractivity contribution in [3.05, 3.63) is 35.4 Å². The lowest BCUT2D eigenvalue weighted by Gasteiger charge is -2.29. The molecule has 190 valence electrons. The van der Waals surface area contributed by atoms with Gasteiger partial charge in [-0.2, -0.15) is 0 Å². The lowest BCUT2D eigenvalue weighted by atomic mass is 9.92. The molecule has 0 radical (unpaired) electrons. The molecule has 0 saturated carbocycles. The van der Waals surface area contributed by atoms with Crippen molar-refractivity contribution in [3.8, 4) is 11.5 Å². The number of fused-ring (bicyclic) bond motifs is 1. The first-order chi connectivity index (χ1) is 16.4. The number of unbranched alkanes of at least 4 members (excludes halogenated alkanes) is 3. The quantitative estimate of drug-likeness (QED) is 0.248. The third-order valence-corrected chi connectivity index (χ3v) is 7.16. The van der Waals surface area contributed by atoms with E-state index in [9.17, 15) is 4.79 Å². The summed E-state index contributed by atoms with van der Waals surface area (Å²) in [7, 11) is 0. The minimum absolute atomic E-state index is 0.302. The molecule has 1 aromatic rings. The van der Waals surface area contributed by atoms with Gasteiger partial charge in [0.25, 0.3) is 0 Å². The topological polar surface area (TPSA) is 42.0 Å². The van der Waals surface area contributed by atoms with Gasteiger partial charge in [0.05, 0.1) is 6.54 Å². The van der Waals surface area contributed by atoms with E-state index >= 15 is 0 Å². The van der Waals surface area contributed by atoms with Crippen LogP contribution >= 0.6 is 0 Å². The van der Waals surface area contributed by atoms with E-state index in [1.807, 2.05) is 6.07 Å². The maximum atomic E-state index is 13.4. The molecular formula is C29H46N2O3. The van der Waals surface area contributed by atoms with Crippen LogP contribution in [0.3, 0.4) is 0 Å². The molecule has 2 aliphatic rings. The Hall–Kier alpha value is -2.01. The molecule has 1 amide bonds. The second kappa shape index (κ2) is 13.2. The number of ether oxygens (including phenoxy) is 2. The molecule has 34 heavy (non-hydrogen) atoms. The fraction of sp³-hybridized carbons (Fsp3) is 0.690. The third kappa shape index (κ3) is 7.49. The van der Waals surface area contributed by atoms with Gasteiger partial charge >= 0.3 is 0 Å². The van der Waals surface area contributed by atoms with E-state index in [4.69, 9.17) is 9.47 Å². The summed E-state index contributed by atoms with van der Waals surface area (Å²) in [6.07, 6.45) is 10.2. The summed E-state index contributed by atoms with van der Waals surface area (Å²) in [6, 6.07) is 6.77. The first kappa shape index (κ1) is 26.6. The zero-order valence-electron chi connectivity index (χ0n) is 22.1. The number of nitrogens with zero attached hydrogens (tertiary/aromatic N) is 2. The molecule has 2 heterocycles. The number of hydrogen-bond donors (Lipinski definition) is 0.